The zero-order valence-electron chi connectivity index (χ0n) is 14.5. The van der Waals surface area contributed by atoms with Crippen LogP contribution in [0.15, 0.2) is 36.4 Å². The number of ether oxygens (including phenoxy) is 2. The van der Waals surface area contributed by atoms with E-state index in [1.54, 1.807) is 19.1 Å². The van der Waals surface area contributed by atoms with Crippen molar-refractivity contribution in [3.63, 3.8) is 0 Å². The quantitative estimate of drug-likeness (QED) is 0.841. The first-order valence-electron chi connectivity index (χ1n) is 8.58. The van der Waals surface area contributed by atoms with Crippen LogP contribution in [0.5, 0.6) is 17.4 Å². The molecule has 1 aromatic heterocycles. The number of hydrogen-bond donors (Lipinski definition) is 1. The minimum absolute atomic E-state index is 0.0714. The largest absolute Gasteiger partial charge is 0.488 e. The highest BCUT2D eigenvalue weighted by molar-refractivity contribution is 5.40. The van der Waals surface area contributed by atoms with E-state index in [0.717, 1.165) is 38.1 Å². The van der Waals surface area contributed by atoms with Gasteiger partial charge in [-0.1, -0.05) is 6.07 Å². The second kappa shape index (κ2) is 7.95. The molecule has 1 saturated heterocycles. The Labute approximate surface area is 150 Å². The lowest BCUT2D eigenvalue weighted by molar-refractivity contribution is -0.137. The number of pyridine rings is 1. The van der Waals surface area contributed by atoms with Crippen LogP contribution >= 0.6 is 0 Å². The van der Waals surface area contributed by atoms with Crippen LogP contribution in [-0.2, 0) is 6.18 Å². The van der Waals surface area contributed by atoms with Crippen molar-refractivity contribution in [1.82, 2.24) is 10.3 Å². The van der Waals surface area contributed by atoms with Crippen molar-refractivity contribution in [1.29, 1.82) is 0 Å². The molecule has 1 aliphatic heterocycles. The molecule has 2 heterocycles. The first-order valence-corrected chi connectivity index (χ1v) is 8.58. The van der Waals surface area contributed by atoms with Crippen LogP contribution in [0.2, 0.25) is 0 Å². The van der Waals surface area contributed by atoms with Crippen LogP contribution in [0, 0.1) is 12.8 Å². The van der Waals surface area contributed by atoms with Crippen molar-refractivity contribution in [3.8, 4) is 17.4 Å². The lowest BCUT2D eigenvalue weighted by Gasteiger charge is -2.23. The van der Waals surface area contributed by atoms with E-state index in [9.17, 15) is 13.2 Å². The number of nitrogens with one attached hydrogen (secondary N) is 1. The average molecular weight is 366 g/mol. The lowest BCUT2D eigenvalue weighted by Crippen LogP contribution is -2.33. The molecule has 0 spiro atoms. The van der Waals surface area contributed by atoms with Crippen LogP contribution in [0.25, 0.3) is 0 Å². The van der Waals surface area contributed by atoms with Gasteiger partial charge in [0.25, 0.3) is 5.88 Å². The third-order valence-corrected chi connectivity index (χ3v) is 4.21. The van der Waals surface area contributed by atoms with Crippen LogP contribution in [0.1, 0.15) is 24.1 Å². The van der Waals surface area contributed by atoms with Gasteiger partial charge in [-0.15, -0.1) is 0 Å². The number of aryl methyl sites for hydroxylation is 1. The molecule has 0 bridgehead atoms. The van der Waals surface area contributed by atoms with E-state index in [4.69, 9.17) is 9.47 Å². The Kier molecular flexibility index (Phi) is 5.66. The molecule has 2 aromatic rings. The lowest BCUT2D eigenvalue weighted by atomic mass is 10.0. The Hall–Kier alpha value is -2.28. The molecule has 1 N–H and O–H groups in total. The summed E-state index contributed by atoms with van der Waals surface area (Å²) in [5.41, 5.74) is -0.0722. The molecular weight excluding hydrogens is 345 g/mol. The summed E-state index contributed by atoms with van der Waals surface area (Å²) in [7, 11) is 0. The molecule has 26 heavy (non-hydrogen) atoms. The van der Waals surface area contributed by atoms with Crippen LogP contribution in [-0.4, -0.2) is 24.7 Å². The van der Waals surface area contributed by atoms with Gasteiger partial charge in [-0.3, -0.25) is 0 Å². The van der Waals surface area contributed by atoms with Gasteiger partial charge in [-0.05, 0) is 56.6 Å². The number of nitrogens with zero attached hydrogens (tertiary/aromatic N) is 1. The molecule has 140 valence electrons. The zero-order valence-corrected chi connectivity index (χ0v) is 14.5. The molecule has 0 radical (unpaired) electrons. The fraction of sp³-hybridized carbons (Fsp3) is 0.421. The number of piperidine rings is 1. The predicted octanol–water partition coefficient (Wildman–Crippen LogP) is 4.58. The van der Waals surface area contributed by atoms with Gasteiger partial charge in [0.1, 0.15) is 5.75 Å². The van der Waals surface area contributed by atoms with Crippen molar-refractivity contribution in [2.24, 2.45) is 5.92 Å². The molecule has 0 amide bonds. The molecule has 7 heteroatoms. The second-order valence-electron chi connectivity index (χ2n) is 6.41. The van der Waals surface area contributed by atoms with Crippen molar-refractivity contribution in [3.05, 3.63) is 47.7 Å². The fourth-order valence-electron chi connectivity index (χ4n) is 2.82. The summed E-state index contributed by atoms with van der Waals surface area (Å²) in [6, 6.07) is 8.26. The number of halogens is 3. The Bertz CT molecular complexity index is 744. The minimum atomic E-state index is -4.42. The normalized spacial score (nSPS) is 17.8. The first kappa shape index (κ1) is 18.5. The van der Waals surface area contributed by atoms with E-state index >= 15 is 0 Å². The van der Waals surface area contributed by atoms with Crippen molar-refractivity contribution >= 4 is 0 Å². The average Bonchev–Trinajstić information content (AvgIpc) is 2.61. The molecule has 0 aliphatic carbocycles. The third kappa shape index (κ3) is 4.88. The number of aromatic nitrogens is 1. The third-order valence-electron chi connectivity index (χ3n) is 4.21. The van der Waals surface area contributed by atoms with Gasteiger partial charge in [0.15, 0.2) is 5.75 Å². The summed E-state index contributed by atoms with van der Waals surface area (Å²) in [5, 5.41) is 3.32. The van der Waals surface area contributed by atoms with Gasteiger partial charge in [-0.2, -0.15) is 13.2 Å². The molecule has 0 saturated carbocycles. The van der Waals surface area contributed by atoms with Crippen LogP contribution < -0.4 is 14.8 Å². The van der Waals surface area contributed by atoms with Crippen LogP contribution in [0.4, 0.5) is 13.2 Å². The molecule has 1 aliphatic rings. The highest BCUT2D eigenvalue weighted by atomic mass is 19.4. The Balaban J connectivity index is 1.75. The SMILES string of the molecule is Cc1ccc(OCC2CCCNC2)c(Oc2cccc(C(F)(F)F)c2)n1. The van der Waals surface area contributed by atoms with Crippen molar-refractivity contribution < 1.29 is 22.6 Å². The van der Waals surface area contributed by atoms with E-state index in [0.29, 0.717) is 24.0 Å². The summed E-state index contributed by atoms with van der Waals surface area (Å²) in [5.74, 6) is 1.07. The number of alkyl halides is 3. The van der Waals surface area contributed by atoms with Gasteiger partial charge in [0.2, 0.25) is 0 Å². The van der Waals surface area contributed by atoms with E-state index in [1.807, 2.05) is 0 Å². The molecule has 1 atom stereocenters. The van der Waals surface area contributed by atoms with Gasteiger partial charge >= 0.3 is 6.18 Å². The maximum absolute atomic E-state index is 12.9. The van der Waals surface area contributed by atoms with Crippen LogP contribution in [0.3, 0.4) is 0 Å². The molecule has 1 unspecified atom stereocenters. The van der Waals surface area contributed by atoms with Gasteiger partial charge in [0.05, 0.1) is 12.2 Å². The smallest absolute Gasteiger partial charge is 0.416 e. The second-order valence-corrected chi connectivity index (χ2v) is 6.41. The Morgan fingerprint density at radius 2 is 2.08 bits per heavy atom. The van der Waals surface area contributed by atoms with Crippen molar-refractivity contribution in [2.45, 2.75) is 25.9 Å². The summed E-state index contributed by atoms with van der Waals surface area (Å²) in [6.45, 7) is 4.21. The molecule has 4 nitrogen and oxygen atoms in total. The molecular formula is C19H21F3N2O2. The van der Waals surface area contributed by atoms with E-state index in [2.05, 4.69) is 10.3 Å². The summed E-state index contributed by atoms with van der Waals surface area (Å²) >= 11 is 0. The Morgan fingerprint density at radius 1 is 1.23 bits per heavy atom. The number of hydrogen-bond acceptors (Lipinski definition) is 4. The van der Waals surface area contributed by atoms with Gasteiger partial charge < -0.3 is 14.8 Å². The summed E-state index contributed by atoms with van der Waals surface area (Å²) in [4.78, 5) is 4.28. The van der Waals surface area contributed by atoms with Gasteiger partial charge in [-0.25, -0.2) is 4.98 Å². The fourth-order valence-corrected chi connectivity index (χ4v) is 2.82. The first-order chi connectivity index (χ1) is 12.4. The standard InChI is InChI=1S/C19H21F3N2O2/c1-13-7-8-17(25-12-14-4-3-9-23-11-14)18(24-13)26-16-6-2-5-15(10-16)19(20,21)22/h2,5-8,10,14,23H,3-4,9,11-12H2,1H3. The minimum Gasteiger partial charge on any atom is -0.488 e. The highest BCUT2D eigenvalue weighted by Crippen LogP contribution is 2.35. The molecule has 1 aromatic carbocycles. The van der Waals surface area contributed by atoms with E-state index in [1.165, 1.54) is 12.1 Å². The molecule has 3 rings (SSSR count). The maximum Gasteiger partial charge on any atom is 0.416 e. The topological polar surface area (TPSA) is 43.4 Å². The highest BCUT2D eigenvalue weighted by Gasteiger charge is 2.30. The summed E-state index contributed by atoms with van der Waals surface area (Å²) < 4.78 is 50.1. The van der Waals surface area contributed by atoms with E-state index < -0.39 is 11.7 Å². The monoisotopic (exact) mass is 366 g/mol. The number of rotatable bonds is 5. The molecule has 1 fully saturated rings. The number of benzene rings is 1. The van der Waals surface area contributed by atoms with E-state index in [-0.39, 0.29) is 11.6 Å². The maximum atomic E-state index is 12.9. The summed E-state index contributed by atoms with van der Waals surface area (Å²) in [6.07, 6.45) is -2.24. The van der Waals surface area contributed by atoms with Crippen molar-refractivity contribution in [2.75, 3.05) is 19.7 Å². The van der Waals surface area contributed by atoms with Gasteiger partial charge in [0, 0.05) is 18.2 Å². The Morgan fingerprint density at radius 3 is 2.81 bits per heavy atom. The zero-order chi connectivity index (χ0) is 18.6. The predicted molar refractivity (Wildman–Crippen MR) is 91.6 cm³/mol.